The van der Waals surface area contributed by atoms with E-state index in [9.17, 15) is 4.79 Å². The van der Waals surface area contributed by atoms with E-state index in [2.05, 4.69) is 20.6 Å². The second-order valence-corrected chi connectivity index (χ2v) is 6.62. The molecule has 0 bridgehead atoms. The summed E-state index contributed by atoms with van der Waals surface area (Å²) in [5.41, 5.74) is 1.40. The first kappa shape index (κ1) is 16.1. The molecule has 0 saturated carbocycles. The van der Waals surface area contributed by atoms with Crippen molar-refractivity contribution in [3.8, 4) is 0 Å². The Kier molecular flexibility index (Phi) is 3.97. The summed E-state index contributed by atoms with van der Waals surface area (Å²) in [6, 6.07) is 8.44. The number of rotatable bonds is 3. The normalized spacial score (nSPS) is 17.5. The molecule has 1 aliphatic rings. The largest absolute Gasteiger partial charge is 0.357 e. The summed E-state index contributed by atoms with van der Waals surface area (Å²) in [4.78, 5) is 14.4. The predicted octanol–water partition coefficient (Wildman–Crippen LogP) is 2.96. The third kappa shape index (κ3) is 2.89. The molecule has 1 aliphatic heterocycles. The summed E-state index contributed by atoms with van der Waals surface area (Å²) in [6.07, 6.45) is 0.667. The molecule has 1 fully saturated rings. The van der Waals surface area contributed by atoms with E-state index in [0.29, 0.717) is 40.3 Å². The second-order valence-electron chi connectivity index (χ2n) is 5.81. The molecule has 0 spiro atoms. The number of anilines is 2. The van der Waals surface area contributed by atoms with Crippen LogP contribution in [0.2, 0.25) is 10.0 Å². The maximum Gasteiger partial charge on any atom is 0.249 e. The van der Waals surface area contributed by atoms with Crippen molar-refractivity contribution in [2.24, 2.45) is 0 Å². The molecule has 9 heteroatoms. The lowest BCUT2D eigenvalue weighted by atomic mass is 10.2. The van der Waals surface area contributed by atoms with Gasteiger partial charge >= 0.3 is 0 Å². The molecule has 25 heavy (non-hydrogen) atoms. The van der Waals surface area contributed by atoms with E-state index in [4.69, 9.17) is 23.2 Å². The zero-order valence-corrected chi connectivity index (χ0v) is 14.8. The molecule has 1 saturated heterocycles. The molecular formula is C16H14Cl2N6O. The van der Waals surface area contributed by atoms with Crippen molar-refractivity contribution in [1.29, 1.82) is 0 Å². The van der Waals surface area contributed by atoms with Crippen LogP contribution >= 0.6 is 23.2 Å². The van der Waals surface area contributed by atoms with Crippen molar-refractivity contribution in [2.75, 3.05) is 16.8 Å². The van der Waals surface area contributed by atoms with Crippen LogP contribution in [0.3, 0.4) is 0 Å². The fraction of sp³-hybridized carbons (Fsp3) is 0.250. The molecule has 2 aromatic heterocycles. The van der Waals surface area contributed by atoms with Crippen molar-refractivity contribution in [1.82, 2.24) is 19.8 Å². The Balaban J connectivity index is 1.54. The molecule has 4 rings (SSSR count). The highest BCUT2D eigenvalue weighted by atomic mass is 35.5. The van der Waals surface area contributed by atoms with E-state index >= 15 is 0 Å². The van der Waals surface area contributed by atoms with Gasteiger partial charge < -0.3 is 10.2 Å². The molecule has 1 atom stereocenters. The zero-order valence-electron chi connectivity index (χ0n) is 13.3. The number of carbonyl (C=O) groups is 1. The van der Waals surface area contributed by atoms with Gasteiger partial charge in [-0.05, 0) is 43.7 Å². The summed E-state index contributed by atoms with van der Waals surface area (Å²) in [5, 5.41) is 16.5. The van der Waals surface area contributed by atoms with Crippen molar-refractivity contribution in [3.63, 3.8) is 0 Å². The quantitative estimate of drug-likeness (QED) is 0.760. The number of nitrogens with one attached hydrogen (secondary N) is 1. The standard InChI is InChI=1S/C16H14Cl2N6O/c1-9-20-21-15-5-4-14(22-24(9)15)19-13-6-7-23(16(13)25)10-2-3-11(17)12(18)8-10/h2-5,8,13H,6-7H2,1H3,(H,19,22). The third-order valence-corrected chi connectivity index (χ3v) is 4.90. The number of amides is 1. The predicted molar refractivity (Wildman–Crippen MR) is 96.4 cm³/mol. The smallest absolute Gasteiger partial charge is 0.249 e. The van der Waals surface area contributed by atoms with Crippen molar-refractivity contribution in [2.45, 2.75) is 19.4 Å². The number of nitrogens with zero attached hydrogens (tertiary/aromatic N) is 5. The average molecular weight is 377 g/mol. The first-order valence-electron chi connectivity index (χ1n) is 7.75. The second kappa shape index (κ2) is 6.16. The summed E-state index contributed by atoms with van der Waals surface area (Å²) in [6.45, 7) is 2.42. The third-order valence-electron chi connectivity index (χ3n) is 4.16. The van der Waals surface area contributed by atoms with Gasteiger partial charge in [0.05, 0.1) is 10.0 Å². The van der Waals surface area contributed by atoms with Crippen molar-refractivity contribution in [3.05, 3.63) is 46.2 Å². The first-order valence-corrected chi connectivity index (χ1v) is 8.50. The topological polar surface area (TPSA) is 75.4 Å². The fourth-order valence-corrected chi connectivity index (χ4v) is 3.17. The minimum absolute atomic E-state index is 0.0271. The lowest BCUT2D eigenvalue weighted by Gasteiger charge is -2.18. The van der Waals surface area contributed by atoms with Gasteiger partial charge in [0.25, 0.3) is 0 Å². The first-order chi connectivity index (χ1) is 12.0. The molecule has 3 heterocycles. The number of aromatic nitrogens is 4. The van der Waals surface area contributed by atoms with E-state index in [-0.39, 0.29) is 11.9 Å². The highest BCUT2D eigenvalue weighted by Gasteiger charge is 2.33. The molecule has 3 aromatic rings. The Bertz CT molecular complexity index is 972. The van der Waals surface area contributed by atoms with E-state index in [1.807, 2.05) is 13.0 Å². The van der Waals surface area contributed by atoms with Gasteiger partial charge in [0, 0.05) is 12.2 Å². The monoisotopic (exact) mass is 376 g/mol. The Labute approximate surface area is 153 Å². The highest BCUT2D eigenvalue weighted by molar-refractivity contribution is 6.42. The zero-order chi connectivity index (χ0) is 17.6. The SMILES string of the molecule is Cc1nnc2ccc(NC3CCN(c4ccc(Cl)c(Cl)c4)C3=O)nn12. The van der Waals surface area contributed by atoms with Crippen LogP contribution in [0.15, 0.2) is 30.3 Å². The van der Waals surface area contributed by atoms with Gasteiger partial charge in [0.2, 0.25) is 5.91 Å². The number of halogens is 2. The Morgan fingerprint density at radius 1 is 1.16 bits per heavy atom. The van der Waals surface area contributed by atoms with Crippen LogP contribution < -0.4 is 10.2 Å². The number of benzene rings is 1. The Morgan fingerprint density at radius 2 is 2.00 bits per heavy atom. The van der Waals surface area contributed by atoms with Crippen LogP contribution in [-0.4, -0.2) is 38.3 Å². The number of hydrogen-bond acceptors (Lipinski definition) is 5. The molecular weight excluding hydrogens is 363 g/mol. The van der Waals surface area contributed by atoms with Gasteiger partial charge in [-0.1, -0.05) is 23.2 Å². The molecule has 128 valence electrons. The van der Waals surface area contributed by atoms with Crippen LogP contribution in [0, 0.1) is 6.92 Å². The minimum Gasteiger partial charge on any atom is -0.357 e. The lowest BCUT2D eigenvalue weighted by molar-refractivity contribution is -0.117. The number of carbonyl (C=O) groups excluding carboxylic acids is 1. The molecule has 1 aromatic carbocycles. The van der Waals surface area contributed by atoms with Crippen molar-refractivity contribution < 1.29 is 4.79 Å². The van der Waals surface area contributed by atoms with Crippen LogP contribution in [0.5, 0.6) is 0 Å². The van der Waals surface area contributed by atoms with Gasteiger partial charge in [-0.15, -0.1) is 15.3 Å². The summed E-state index contributed by atoms with van der Waals surface area (Å²) < 4.78 is 1.64. The Morgan fingerprint density at radius 3 is 2.80 bits per heavy atom. The van der Waals surface area contributed by atoms with E-state index < -0.39 is 0 Å². The van der Waals surface area contributed by atoms with Gasteiger partial charge in [-0.25, -0.2) is 0 Å². The van der Waals surface area contributed by atoms with Crippen LogP contribution in [0.4, 0.5) is 11.5 Å². The minimum atomic E-state index is -0.351. The summed E-state index contributed by atoms with van der Waals surface area (Å²) in [7, 11) is 0. The number of fused-ring (bicyclic) bond motifs is 1. The molecule has 0 aliphatic carbocycles. The average Bonchev–Trinajstić information content (AvgIpc) is 3.14. The number of hydrogen-bond donors (Lipinski definition) is 1. The van der Waals surface area contributed by atoms with Crippen LogP contribution in [0.1, 0.15) is 12.2 Å². The maximum absolute atomic E-state index is 12.7. The molecule has 1 amide bonds. The summed E-state index contributed by atoms with van der Waals surface area (Å²) >= 11 is 12.0. The maximum atomic E-state index is 12.7. The molecule has 1 unspecified atom stereocenters. The highest BCUT2D eigenvalue weighted by Crippen LogP contribution is 2.30. The molecule has 0 radical (unpaired) electrons. The Hall–Kier alpha value is -2.38. The van der Waals surface area contributed by atoms with E-state index in [0.717, 1.165) is 5.69 Å². The van der Waals surface area contributed by atoms with Crippen LogP contribution in [-0.2, 0) is 4.79 Å². The lowest BCUT2D eigenvalue weighted by Crippen LogP contribution is -2.33. The fourth-order valence-electron chi connectivity index (χ4n) is 2.87. The van der Waals surface area contributed by atoms with Crippen molar-refractivity contribution >= 4 is 46.3 Å². The van der Waals surface area contributed by atoms with E-state index in [1.165, 1.54) is 0 Å². The summed E-state index contributed by atoms with van der Waals surface area (Å²) in [5.74, 6) is 1.26. The van der Waals surface area contributed by atoms with Gasteiger partial charge in [-0.3, -0.25) is 4.79 Å². The molecule has 7 nitrogen and oxygen atoms in total. The van der Waals surface area contributed by atoms with Gasteiger partial charge in [0.15, 0.2) is 11.5 Å². The molecule has 1 N–H and O–H groups in total. The van der Waals surface area contributed by atoms with Crippen LogP contribution in [0.25, 0.3) is 5.65 Å². The van der Waals surface area contributed by atoms with E-state index in [1.54, 1.807) is 33.7 Å². The van der Waals surface area contributed by atoms with Gasteiger partial charge in [0.1, 0.15) is 11.9 Å². The number of aryl methyl sites for hydroxylation is 1. The van der Waals surface area contributed by atoms with Gasteiger partial charge in [-0.2, -0.15) is 4.52 Å².